The number of carbonyl (C=O) groups is 2. The van der Waals surface area contributed by atoms with Crippen molar-refractivity contribution < 1.29 is 28.2 Å². The van der Waals surface area contributed by atoms with Crippen LogP contribution in [0.15, 0.2) is 36.4 Å². The van der Waals surface area contributed by atoms with Crippen LogP contribution in [0.3, 0.4) is 0 Å². The van der Waals surface area contributed by atoms with Crippen LogP contribution in [-0.4, -0.2) is 31.7 Å². The number of halogens is 2. The predicted octanol–water partition coefficient (Wildman–Crippen LogP) is 3.05. The molecule has 0 bridgehead atoms. The summed E-state index contributed by atoms with van der Waals surface area (Å²) < 4.78 is 29.2. The molecule has 0 radical (unpaired) electrons. The number of amides is 1. The molecule has 2 aromatic rings. The number of anilines is 1. The monoisotopic (exact) mass is 365 g/mol. The molecule has 1 aliphatic heterocycles. The van der Waals surface area contributed by atoms with E-state index in [0.29, 0.717) is 30.4 Å². The summed E-state index contributed by atoms with van der Waals surface area (Å²) in [6.07, 6.45) is 0. The number of fused-ring (bicyclic) bond motifs is 1. The molecule has 0 saturated carbocycles. The largest absolute Gasteiger partial charge is 0.486 e. The van der Waals surface area contributed by atoms with Gasteiger partial charge in [0.2, 0.25) is 0 Å². The fraction of sp³-hybridized carbons (Fsp3) is 0.176. The highest BCUT2D eigenvalue weighted by Gasteiger charge is 2.16. The van der Waals surface area contributed by atoms with Crippen LogP contribution in [0.5, 0.6) is 11.5 Å². The second kappa shape index (κ2) is 7.40. The van der Waals surface area contributed by atoms with Crippen molar-refractivity contribution in [2.45, 2.75) is 0 Å². The van der Waals surface area contributed by atoms with E-state index in [1.54, 1.807) is 18.2 Å². The quantitative estimate of drug-likeness (QED) is 0.843. The number of hydrogen-bond donors (Lipinski definition) is 1. The Morgan fingerprint density at radius 2 is 1.88 bits per heavy atom. The highest BCUT2D eigenvalue weighted by Crippen LogP contribution is 2.32. The van der Waals surface area contributed by atoms with Crippen LogP contribution in [0.25, 0.3) is 0 Å². The summed E-state index contributed by atoms with van der Waals surface area (Å²) in [7, 11) is 0. The van der Waals surface area contributed by atoms with Gasteiger partial charge in [0.1, 0.15) is 19.0 Å². The fourth-order valence-electron chi connectivity index (χ4n) is 2.18. The van der Waals surface area contributed by atoms with Crippen molar-refractivity contribution in [2.75, 3.05) is 25.1 Å². The second-order valence-electron chi connectivity index (χ2n) is 5.11. The van der Waals surface area contributed by atoms with E-state index < -0.39 is 24.3 Å². The Morgan fingerprint density at radius 3 is 2.64 bits per heavy atom. The van der Waals surface area contributed by atoms with Crippen molar-refractivity contribution in [3.05, 3.63) is 52.8 Å². The summed E-state index contributed by atoms with van der Waals surface area (Å²) in [5.74, 6) is -1.23. The molecular formula is C17H13ClFNO5. The van der Waals surface area contributed by atoms with Gasteiger partial charge in [0.05, 0.1) is 5.56 Å². The first-order valence-corrected chi connectivity index (χ1v) is 7.72. The molecule has 0 saturated heterocycles. The van der Waals surface area contributed by atoms with Crippen molar-refractivity contribution in [1.29, 1.82) is 0 Å². The molecule has 2 aromatic carbocycles. The summed E-state index contributed by atoms with van der Waals surface area (Å²) in [6, 6.07) is 8.45. The average molecular weight is 366 g/mol. The minimum atomic E-state index is -0.952. The van der Waals surface area contributed by atoms with E-state index in [4.69, 9.17) is 25.8 Å². The van der Waals surface area contributed by atoms with Crippen LogP contribution in [0.2, 0.25) is 5.02 Å². The van der Waals surface area contributed by atoms with Crippen LogP contribution in [0.4, 0.5) is 10.1 Å². The Morgan fingerprint density at radius 1 is 1.12 bits per heavy atom. The van der Waals surface area contributed by atoms with E-state index in [1.165, 1.54) is 12.1 Å². The molecule has 1 aliphatic rings. The molecule has 0 aromatic heterocycles. The Balaban J connectivity index is 1.56. The standard InChI is InChI=1S/C17H13ClFNO5/c18-10-1-3-12(13(19)7-10)17(22)25-9-16(21)20-11-2-4-14-15(8-11)24-6-5-23-14/h1-4,7-8H,5-6,9H2,(H,20,21). The number of ether oxygens (including phenoxy) is 3. The lowest BCUT2D eigenvalue weighted by molar-refractivity contribution is -0.119. The number of benzene rings is 2. The van der Waals surface area contributed by atoms with E-state index in [2.05, 4.69) is 5.32 Å². The van der Waals surface area contributed by atoms with Crippen molar-refractivity contribution in [1.82, 2.24) is 0 Å². The molecule has 0 aliphatic carbocycles. The molecule has 1 amide bonds. The van der Waals surface area contributed by atoms with Gasteiger partial charge in [0.15, 0.2) is 18.1 Å². The summed E-state index contributed by atoms with van der Waals surface area (Å²) >= 11 is 5.61. The first-order chi connectivity index (χ1) is 12.0. The maximum absolute atomic E-state index is 13.6. The summed E-state index contributed by atoms with van der Waals surface area (Å²) in [5.41, 5.74) is 0.166. The van der Waals surface area contributed by atoms with Gasteiger partial charge in [-0.25, -0.2) is 9.18 Å². The van der Waals surface area contributed by atoms with Crippen molar-refractivity contribution >= 4 is 29.2 Å². The number of hydrogen-bond acceptors (Lipinski definition) is 5. The van der Waals surface area contributed by atoms with Gasteiger partial charge in [-0.15, -0.1) is 0 Å². The molecule has 0 fully saturated rings. The van der Waals surface area contributed by atoms with Crippen LogP contribution >= 0.6 is 11.6 Å². The van der Waals surface area contributed by atoms with E-state index in [9.17, 15) is 14.0 Å². The summed E-state index contributed by atoms with van der Waals surface area (Å²) in [6.45, 7) is 0.333. The third-order valence-corrected chi connectivity index (χ3v) is 3.55. The minimum Gasteiger partial charge on any atom is -0.486 e. The smallest absolute Gasteiger partial charge is 0.341 e. The molecule has 0 atom stereocenters. The van der Waals surface area contributed by atoms with Gasteiger partial charge < -0.3 is 19.5 Å². The maximum atomic E-state index is 13.6. The van der Waals surface area contributed by atoms with Crippen LogP contribution < -0.4 is 14.8 Å². The highest BCUT2D eigenvalue weighted by atomic mass is 35.5. The van der Waals surface area contributed by atoms with Crippen molar-refractivity contribution in [3.8, 4) is 11.5 Å². The van der Waals surface area contributed by atoms with Gasteiger partial charge in [-0.3, -0.25) is 4.79 Å². The maximum Gasteiger partial charge on any atom is 0.341 e. The Labute approximate surface area is 147 Å². The highest BCUT2D eigenvalue weighted by molar-refractivity contribution is 6.30. The van der Waals surface area contributed by atoms with Gasteiger partial charge in [0.25, 0.3) is 5.91 Å². The van der Waals surface area contributed by atoms with E-state index >= 15 is 0 Å². The summed E-state index contributed by atoms with van der Waals surface area (Å²) in [5, 5.41) is 2.71. The van der Waals surface area contributed by atoms with E-state index in [0.717, 1.165) is 6.07 Å². The first kappa shape index (κ1) is 17.0. The van der Waals surface area contributed by atoms with Gasteiger partial charge in [-0.05, 0) is 30.3 Å². The van der Waals surface area contributed by atoms with Crippen LogP contribution in [0, 0.1) is 5.82 Å². The van der Waals surface area contributed by atoms with E-state index in [1.807, 2.05) is 0 Å². The van der Waals surface area contributed by atoms with Crippen LogP contribution in [-0.2, 0) is 9.53 Å². The second-order valence-corrected chi connectivity index (χ2v) is 5.54. The number of esters is 1. The van der Waals surface area contributed by atoms with Crippen molar-refractivity contribution in [2.24, 2.45) is 0 Å². The Bertz CT molecular complexity index is 827. The molecule has 130 valence electrons. The van der Waals surface area contributed by atoms with Crippen molar-refractivity contribution in [3.63, 3.8) is 0 Å². The first-order valence-electron chi connectivity index (χ1n) is 7.34. The number of rotatable bonds is 4. The lowest BCUT2D eigenvalue weighted by Crippen LogP contribution is -2.21. The fourth-order valence-corrected chi connectivity index (χ4v) is 2.34. The number of nitrogens with one attached hydrogen (secondary N) is 1. The zero-order valence-corrected chi connectivity index (χ0v) is 13.6. The van der Waals surface area contributed by atoms with Gasteiger partial charge in [-0.2, -0.15) is 0 Å². The van der Waals surface area contributed by atoms with Gasteiger partial charge in [-0.1, -0.05) is 11.6 Å². The predicted molar refractivity (Wildman–Crippen MR) is 87.8 cm³/mol. The Hall–Kier alpha value is -2.80. The van der Waals surface area contributed by atoms with Crippen LogP contribution in [0.1, 0.15) is 10.4 Å². The molecule has 3 rings (SSSR count). The molecule has 1 N–H and O–H groups in total. The SMILES string of the molecule is O=C(COC(=O)c1ccc(Cl)cc1F)Nc1ccc2c(c1)OCCO2. The van der Waals surface area contributed by atoms with E-state index in [-0.39, 0.29) is 10.6 Å². The third kappa shape index (κ3) is 4.19. The normalized spacial score (nSPS) is 12.4. The molecular weight excluding hydrogens is 353 g/mol. The molecule has 6 nitrogen and oxygen atoms in total. The lowest BCUT2D eigenvalue weighted by atomic mass is 10.2. The molecule has 25 heavy (non-hydrogen) atoms. The Kier molecular flexibility index (Phi) is 5.04. The zero-order chi connectivity index (χ0) is 17.8. The molecule has 0 spiro atoms. The van der Waals surface area contributed by atoms with Gasteiger partial charge in [0, 0.05) is 16.8 Å². The minimum absolute atomic E-state index is 0.158. The summed E-state index contributed by atoms with van der Waals surface area (Å²) in [4.78, 5) is 23.7. The number of carbonyl (C=O) groups excluding carboxylic acids is 2. The molecule has 0 unspecified atom stereocenters. The molecule has 8 heteroatoms. The topological polar surface area (TPSA) is 73.9 Å². The lowest BCUT2D eigenvalue weighted by Gasteiger charge is -2.19. The zero-order valence-electron chi connectivity index (χ0n) is 12.9. The molecule has 1 heterocycles. The van der Waals surface area contributed by atoms with Gasteiger partial charge >= 0.3 is 5.97 Å². The third-order valence-electron chi connectivity index (χ3n) is 3.31. The average Bonchev–Trinajstić information content (AvgIpc) is 2.59.